The second kappa shape index (κ2) is 6.59. The first-order valence-electron chi connectivity index (χ1n) is 8.52. The van der Waals surface area contributed by atoms with Gasteiger partial charge in [-0.1, -0.05) is 36.4 Å². The van der Waals surface area contributed by atoms with E-state index in [1.54, 1.807) is 0 Å². The molecule has 1 N–H and O–H groups in total. The van der Waals surface area contributed by atoms with Crippen molar-refractivity contribution in [2.45, 2.75) is 12.3 Å². The number of carbonyl (C=O) groups excluding carboxylic acids is 1. The molecular weight excluding hydrogens is 316 g/mol. The number of amidine groups is 1. The van der Waals surface area contributed by atoms with E-state index in [0.717, 1.165) is 29.0 Å². The van der Waals surface area contributed by atoms with Crippen LogP contribution in [0.1, 0.15) is 17.0 Å². The van der Waals surface area contributed by atoms with E-state index in [1.165, 1.54) is 0 Å². The zero-order valence-electron chi connectivity index (χ0n) is 13.9. The third-order valence-electron chi connectivity index (χ3n) is 4.69. The van der Waals surface area contributed by atoms with Crippen molar-refractivity contribution in [2.24, 2.45) is 0 Å². The molecule has 4 rings (SSSR count). The number of nitrogens with one attached hydrogen (secondary N) is 1. The largest absolute Gasteiger partial charge is 0.486 e. The van der Waals surface area contributed by atoms with E-state index < -0.39 is 5.92 Å². The number of hydrogen-bond donors (Lipinski definition) is 1. The number of likely N-dealkylation sites (tertiary alicyclic amines) is 1. The van der Waals surface area contributed by atoms with E-state index >= 15 is 0 Å². The van der Waals surface area contributed by atoms with Gasteiger partial charge in [0.05, 0.1) is 6.54 Å². The van der Waals surface area contributed by atoms with Gasteiger partial charge in [0.25, 0.3) is 0 Å². The molecule has 2 heterocycles. The molecule has 5 heteroatoms. The van der Waals surface area contributed by atoms with Crippen LogP contribution in [0.15, 0.2) is 48.5 Å². The monoisotopic (exact) mass is 336 g/mol. The van der Waals surface area contributed by atoms with Gasteiger partial charge in [-0.2, -0.15) is 0 Å². The Morgan fingerprint density at radius 1 is 1.04 bits per heavy atom. The fourth-order valence-electron chi connectivity index (χ4n) is 3.40. The average Bonchev–Trinajstić information content (AvgIpc) is 2.94. The second-order valence-corrected chi connectivity index (χ2v) is 6.34. The van der Waals surface area contributed by atoms with Crippen LogP contribution in [-0.4, -0.2) is 42.8 Å². The van der Waals surface area contributed by atoms with Crippen LogP contribution in [0.2, 0.25) is 0 Å². The van der Waals surface area contributed by atoms with E-state index in [-0.39, 0.29) is 5.78 Å². The van der Waals surface area contributed by atoms with Crippen LogP contribution in [0.3, 0.4) is 0 Å². The van der Waals surface area contributed by atoms with Crippen LogP contribution in [0.4, 0.5) is 0 Å². The molecule has 0 saturated carbocycles. The summed E-state index contributed by atoms with van der Waals surface area (Å²) >= 11 is 0. The summed E-state index contributed by atoms with van der Waals surface area (Å²) in [7, 11) is 0. The minimum absolute atomic E-state index is 0.0957. The highest BCUT2D eigenvalue weighted by Gasteiger charge is 2.36. The second-order valence-electron chi connectivity index (χ2n) is 6.34. The van der Waals surface area contributed by atoms with E-state index in [4.69, 9.17) is 14.9 Å². The summed E-state index contributed by atoms with van der Waals surface area (Å²) in [6.45, 7) is 2.11. The molecule has 0 spiro atoms. The minimum atomic E-state index is -0.429. The summed E-state index contributed by atoms with van der Waals surface area (Å²) in [5.74, 6) is 1.62. The third kappa shape index (κ3) is 3.09. The van der Waals surface area contributed by atoms with Gasteiger partial charge in [-0.15, -0.1) is 0 Å². The molecule has 2 aliphatic rings. The molecule has 0 aromatic heterocycles. The maximum atomic E-state index is 12.4. The lowest BCUT2D eigenvalue weighted by molar-refractivity contribution is -0.117. The summed E-state index contributed by atoms with van der Waals surface area (Å²) in [4.78, 5) is 14.3. The van der Waals surface area contributed by atoms with Gasteiger partial charge >= 0.3 is 0 Å². The van der Waals surface area contributed by atoms with Crippen LogP contribution in [0, 0.1) is 5.41 Å². The molecule has 0 amide bonds. The predicted molar refractivity (Wildman–Crippen MR) is 94.6 cm³/mol. The number of rotatable bonds is 4. The zero-order valence-corrected chi connectivity index (χ0v) is 13.9. The fraction of sp³-hybridized carbons (Fsp3) is 0.300. The highest BCUT2D eigenvalue weighted by Crippen LogP contribution is 2.31. The summed E-state index contributed by atoms with van der Waals surface area (Å²) in [5.41, 5.74) is 2.02. The first kappa shape index (κ1) is 15.7. The minimum Gasteiger partial charge on any atom is -0.486 e. The molecule has 128 valence electrons. The Labute approximate surface area is 146 Å². The van der Waals surface area contributed by atoms with Crippen molar-refractivity contribution < 1.29 is 14.3 Å². The molecule has 0 aliphatic carbocycles. The Bertz CT molecular complexity index is 804. The average molecular weight is 336 g/mol. The van der Waals surface area contributed by atoms with Gasteiger partial charge < -0.3 is 14.4 Å². The summed E-state index contributed by atoms with van der Waals surface area (Å²) in [6.07, 6.45) is 0.758. The van der Waals surface area contributed by atoms with Crippen LogP contribution >= 0.6 is 0 Å². The van der Waals surface area contributed by atoms with E-state index in [2.05, 4.69) is 0 Å². The highest BCUT2D eigenvalue weighted by molar-refractivity contribution is 6.14. The lowest BCUT2D eigenvalue weighted by Gasteiger charge is -2.21. The van der Waals surface area contributed by atoms with Crippen molar-refractivity contribution in [3.8, 4) is 11.5 Å². The Balaban J connectivity index is 1.43. The van der Waals surface area contributed by atoms with Gasteiger partial charge in [0.2, 0.25) is 0 Å². The van der Waals surface area contributed by atoms with Crippen LogP contribution in [0.25, 0.3) is 0 Å². The smallest absolute Gasteiger partial charge is 0.167 e. The van der Waals surface area contributed by atoms with E-state index in [9.17, 15) is 4.79 Å². The molecule has 2 aromatic carbocycles. The van der Waals surface area contributed by atoms with Gasteiger partial charge in [0, 0.05) is 6.54 Å². The molecule has 25 heavy (non-hydrogen) atoms. The molecule has 1 atom stereocenters. The van der Waals surface area contributed by atoms with E-state index in [0.29, 0.717) is 32.1 Å². The lowest BCUT2D eigenvalue weighted by atomic mass is 9.96. The van der Waals surface area contributed by atoms with Crippen LogP contribution in [-0.2, 0) is 11.2 Å². The van der Waals surface area contributed by atoms with Crippen molar-refractivity contribution in [1.82, 2.24) is 4.90 Å². The van der Waals surface area contributed by atoms with Crippen LogP contribution < -0.4 is 9.47 Å². The number of ether oxygens (including phenoxy) is 2. The predicted octanol–water partition coefficient (Wildman–Crippen LogP) is 2.65. The first-order chi connectivity index (χ1) is 12.2. The molecule has 0 bridgehead atoms. The Morgan fingerprint density at radius 3 is 2.60 bits per heavy atom. The maximum absolute atomic E-state index is 12.4. The molecular formula is C20H20N2O3. The summed E-state index contributed by atoms with van der Waals surface area (Å²) in [6, 6.07) is 15.5. The van der Waals surface area contributed by atoms with Gasteiger partial charge in [0.15, 0.2) is 17.3 Å². The molecule has 1 unspecified atom stereocenters. The Kier molecular flexibility index (Phi) is 4.14. The van der Waals surface area contributed by atoms with Crippen molar-refractivity contribution in [3.63, 3.8) is 0 Å². The van der Waals surface area contributed by atoms with Gasteiger partial charge in [-0.05, 0) is 29.7 Å². The van der Waals surface area contributed by atoms with E-state index in [1.807, 2.05) is 53.4 Å². The third-order valence-corrected chi connectivity index (χ3v) is 4.69. The summed E-state index contributed by atoms with van der Waals surface area (Å²) < 4.78 is 11.2. The zero-order chi connectivity index (χ0) is 17.2. The highest BCUT2D eigenvalue weighted by atomic mass is 16.6. The normalized spacial score (nSPS) is 19.4. The van der Waals surface area contributed by atoms with Crippen molar-refractivity contribution in [3.05, 3.63) is 59.7 Å². The maximum Gasteiger partial charge on any atom is 0.167 e. The number of benzene rings is 2. The van der Waals surface area contributed by atoms with Crippen LogP contribution in [0.5, 0.6) is 11.5 Å². The number of nitrogens with zero attached hydrogens (tertiary/aromatic N) is 1. The number of ketones is 1. The Hall–Kier alpha value is -2.82. The molecule has 1 fully saturated rings. The van der Waals surface area contributed by atoms with Gasteiger partial charge in [-0.25, -0.2) is 0 Å². The Morgan fingerprint density at radius 2 is 1.80 bits per heavy atom. The standard InChI is InChI=1S/C20H20N2O3/c21-20-19(15-4-2-1-3-5-15)16(23)13-22(20)9-8-14-6-7-17-18(12-14)25-11-10-24-17/h1-7,12,19,21H,8-11,13H2. The molecule has 2 aromatic rings. The molecule has 2 aliphatic heterocycles. The molecule has 5 nitrogen and oxygen atoms in total. The van der Waals surface area contributed by atoms with Gasteiger partial charge in [0.1, 0.15) is 25.0 Å². The fourth-order valence-corrected chi connectivity index (χ4v) is 3.40. The number of fused-ring (bicyclic) bond motifs is 1. The summed E-state index contributed by atoms with van der Waals surface area (Å²) in [5, 5.41) is 8.41. The lowest BCUT2D eigenvalue weighted by Crippen LogP contribution is -2.28. The number of carbonyl (C=O) groups is 1. The number of Topliss-reactive ketones (excluding diaryl/α,β-unsaturated/α-hetero) is 1. The topological polar surface area (TPSA) is 62.6 Å². The van der Waals surface area contributed by atoms with Gasteiger partial charge in [-0.3, -0.25) is 10.2 Å². The first-order valence-corrected chi connectivity index (χ1v) is 8.52. The van der Waals surface area contributed by atoms with Crippen molar-refractivity contribution in [1.29, 1.82) is 5.41 Å². The van der Waals surface area contributed by atoms with Crippen molar-refractivity contribution in [2.75, 3.05) is 26.3 Å². The van der Waals surface area contributed by atoms with Crippen molar-refractivity contribution >= 4 is 11.6 Å². The SMILES string of the molecule is N=C1C(c2ccccc2)C(=O)CN1CCc1ccc2c(c1)OCCO2. The quantitative estimate of drug-likeness (QED) is 0.932. The molecule has 0 radical (unpaired) electrons. The number of hydrogen-bond acceptors (Lipinski definition) is 4. The molecule has 1 saturated heterocycles.